The molecule has 0 spiro atoms. The smallest absolute Gasteiger partial charge is 0.255 e. The molecular formula is C28H21ClN2O4. The SMILES string of the molecule is COc1cc2nccc(Oc3ccc4ccc(C(=O)Nc5cccc(Cl)c5)cc4c3)c2cc1OC. The third-order valence-electron chi connectivity index (χ3n) is 5.59. The van der Waals surface area contributed by atoms with Crippen LogP contribution < -0.4 is 19.5 Å². The summed E-state index contributed by atoms with van der Waals surface area (Å²) in [5.41, 5.74) is 1.89. The summed E-state index contributed by atoms with van der Waals surface area (Å²) in [4.78, 5) is 17.2. The molecule has 5 rings (SSSR count). The van der Waals surface area contributed by atoms with E-state index in [1.165, 1.54) is 0 Å². The molecule has 1 amide bonds. The number of anilines is 1. The second-order valence-corrected chi connectivity index (χ2v) is 8.26. The molecule has 4 aromatic carbocycles. The molecule has 0 atom stereocenters. The van der Waals surface area contributed by atoms with E-state index in [0.717, 1.165) is 21.7 Å². The van der Waals surface area contributed by atoms with Crippen molar-refractivity contribution in [1.82, 2.24) is 4.98 Å². The molecule has 6 nitrogen and oxygen atoms in total. The number of nitrogens with one attached hydrogen (secondary N) is 1. The number of methoxy groups -OCH3 is 2. The van der Waals surface area contributed by atoms with Gasteiger partial charge in [0.2, 0.25) is 0 Å². The second kappa shape index (κ2) is 9.52. The maximum Gasteiger partial charge on any atom is 0.255 e. The van der Waals surface area contributed by atoms with Crippen molar-refractivity contribution in [3.8, 4) is 23.0 Å². The van der Waals surface area contributed by atoms with Gasteiger partial charge in [-0.05, 0) is 65.4 Å². The van der Waals surface area contributed by atoms with Gasteiger partial charge in [0.25, 0.3) is 5.91 Å². The highest BCUT2D eigenvalue weighted by Gasteiger charge is 2.12. The number of rotatable bonds is 6. The predicted octanol–water partition coefficient (Wildman–Crippen LogP) is 7.10. The Morgan fingerprint density at radius 1 is 0.829 bits per heavy atom. The zero-order valence-electron chi connectivity index (χ0n) is 19.0. The average Bonchev–Trinajstić information content (AvgIpc) is 2.87. The van der Waals surface area contributed by atoms with Gasteiger partial charge in [0.05, 0.1) is 19.7 Å². The van der Waals surface area contributed by atoms with E-state index in [1.54, 1.807) is 56.8 Å². The quantitative estimate of drug-likeness (QED) is 0.278. The van der Waals surface area contributed by atoms with E-state index in [2.05, 4.69) is 10.3 Å². The number of fused-ring (bicyclic) bond motifs is 2. The summed E-state index contributed by atoms with van der Waals surface area (Å²) in [6.45, 7) is 0. The molecule has 0 aliphatic rings. The van der Waals surface area contributed by atoms with Crippen LogP contribution in [0.4, 0.5) is 5.69 Å². The van der Waals surface area contributed by atoms with Gasteiger partial charge in [-0.25, -0.2) is 0 Å². The zero-order chi connectivity index (χ0) is 24.4. The highest BCUT2D eigenvalue weighted by molar-refractivity contribution is 6.31. The van der Waals surface area contributed by atoms with Gasteiger partial charge in [-0.15, -0.1) is 0 Å². The van der Waals surface area contributed by atoms with Crippen LogP contribution in [-0.2, 0) is 0 Å². The van der Waals surface area contributed by atoms with E-state index >= 15 is 0 Å². The van der Waals surface area contributed by atoms with Gasteiger partial charge in [0.15, 0.2) is 11.5 Å². The molecule has 7 heteroatoms. The fourth-order valence-electron chi connectivity index (χ4n) is 3.86. The minimum Gasteiger partial charge on any atom is -0.493 e. The number of nitrogens with zero attached hydrogens (tertiary/aromatic N) is 1. The van der Waals surface area contributed by atoms with Gasteiger partial charge in [-0.1, -0.05) is 29.8 Å². The van der Waals surface area contributed by atoms with Gasteiger partial charge < -0.3 is 19.5 Å². The molecule has 0 aliphatic carbocycles. The summed E-state index contributed by atoms with van der Waals surface area (Å²) in [6.07, 6.45) is 1.68. The van der Waals surface area contributed by atoms with Crippen molar-refractivity contribution in [2.24, 2.45) is 0 Å². The number of carbonyl (C=O) groups excluding carboxylic acids is 1. The lowest BCUT2D eigenvalue weighted by Gasteiger charge is -2.13. The number of ether oxygens (including phenoxy) is 3. The first-order valence-corrected chi connectivity index (χ1v) is 11.2. The molecule has 1 N–H and O–H groups in total. The van der Waals surface area contributed by atoms with E-state index in [0.29, 0.717) is 39.3 Å². The molecule has 5 aromatic rings. The summed E-state index contributed by atoms with van der Waals surface area (Å²) < 4.78 is 17.0. The summed E-state index contributed by atoms with van der Waals surface area (Å²) in [5, 5.41) is 6.09. The Labute approximate surface area is 207 Å². The number of pyridine rings is 1. The third-order valence-corrected chi connectivity index (χ3v) is 5.83. The number of halogens is 1. The van der Waals surface area contributed by atoms with Crippen LogP contribution in [0, 0.1) is 0 Å². The van der Waals surface area contributed by atoms with E-state index in [4.69, 9.17) is 25.8 Å². The van der Waals surface area contributed by atoms with Crippen molar-refractivity contribution in [1.29, 1.82) is 0 Å². The molecular weight excluding hydrogens is 464 g/mol. The highest BCUT2D eigenvalue weighted by Crippen LogP contribution is 2.37. The molecule has 0 saturated carbocycles. The van der Waals surface area contributed by atoms with Crippen molar-refractivity contribution in [2.75, 3.05) is 19.5 Å². The van der Waals surface area contributed by atoms with Crippen molar-refractivity contribution >= 4 is 44.9 Å². The molecule has 1 aromatic heterocycles. The lowest BCUT2D eigenvalue weighted by atomic mass is 10.1. The lowest BCUT2D eigenvalue weighted by molar-refractivity contribution is 0.102. The van der Waals surface area contributed by atoms with Crippen LogP contribution in [0.5, 0.6) is 23.0 Å². The summed E-state index contributed by atoms with van der Waals surface area (Å²) in [7, 11) is 3.17. The molecule has 0 saturated heterocycles. The third kappa shape index (κ3) is 4.69. The first-order chi connectivity index (χ1) is 17.0. The Morgan fingerprint density at radius 2 is 1.63 bits per heavy atom. The monoisotopic (exact) mass is 484 g/mol. The van der Waals surface area contributed by atoms with Crippen LogP contribution in [0.3, 0.4) is 0 Å². The number of aromatic nitrogens is 1. The predicted molar refractivity (Wildman–Crippen MR) is 138 cm³/mol. The molecule has 0 radical (unpaired) electrons. The van der Waals surface area contributed by atoms with Gasteiger partial charge in [0, 0.05) is 33.9 Å². The van der Waals surface area contributed by atoms with E-state index < -0.39 is 0 Å². The van der Waals surface area contributed by atoms with Gasteiger partial charge in [-0.3, -0.25) is 9.78 Å². The van der Waals surface area contributed by atoms with Gasteiger partial charge >= 0.3 is 0 Å². The van der Waals surface area contributed by atoms with Crippen LogP contribution in [0.25, 0.3) is 21.7 Å². The number of benzene rings is 4. The summed E-state index contributed by atoms with van der Waals surface area (Å²) in [6, 6.07) is 23.8. The van der Waals surface area contributed by atoms with Gasteiger partial charge in [-0.2, -0.15) is 0 Å². The molecule has 0 unspecified atom stereocenters. The average molecular weight is 485 g/mol. The molecule has 0 fully saturated rings. The number of amides is 1. The maximum absolute atomic E-state index is 12.8. The standard InChI is InChI=1S/C28H21ClN2O4/c1-33-26-15-23-24(16-27(26)34-2)30-11-10-25(23)35-22-9-8-17-6-7-18(12-19(17)13-22)28(32)31-21-5-3-4-20(29)14-21/h3-16H,1-2H3,(H,31,32). The maximum atomic E-state index is 12.8. The van der Waals surface area contributed by atoms with Crippen LogP contribution >= 0.6 is 11.6 Å². The summed E-state index contributed by atoms with van der Waals surface area (Å²) in [5.74, 6) is 2.23. The van der Waals surface area contributed by atoms with E-state index in [1.807, 2.05) is 42.5 Å². The molecule has 0 aliphatic heterocycles. The first-order valence-electron chi connectivity index (χ1n) is 10.8. The number of hydrogen-bond acceptors (Lipinski definition) is 5. The fraction of sp³-hybridized carbons (Fsp3) is 0.0714. The Kier molecular flexibility index (Phi) is 6.12. The Balaban J connectivity index is 1.45. The number of carbonyl (C=O) groups is 1. The van der Waals surface area contributed by atoms with Crippen molar-refractivity contribution in [3.63, 3.8) is 0 Å². The second-order valence-electron chi connectivity index (χ2n) is 7.82. The Morgan fingerprint density at radius 3 is 2.43 bits per heavy atom. The molecule has 0 bridgehead atoms. The van der Waals surface area contributed by atoms with Crippen LogP contribution in [0.15, 0.2) is 85.1 Å². The van der Waals surface area contributed by atoms with E-state index in [9.17, 15) is 4.79 Å². The number of hydrogen-bond donors (Lipinski definition) is 1. The Hall–Kier alpha value is -4.29. The van der Waals surface area contributed by atoms with E-state index in [-0.39, 0.29) is 5.91 Å². The minimum absolute atomic E-state index is 0.221. The first kappa shape index (κ1) is 22.5. The minimum atomic E-state index is -0.221. The van der Waals surface area contributed by atoms with Gasteiger partial charge in [0.1, 0.15) is 11.5 Å². The molecule has 1 heterocycles. The van der Waals surface area contributed by atoms with Crippen LogP contribution in [0.1, 0.15) is 10.4 Å². The van der Waals surface area contributed by atoms with Crippen molar-refractivity contribution < 1.29 is 19.0 Å². The normalized spacial score (nSPS) is 10.8. The lowest BCUT2D eigenvalue weighted by Crippen LogP contribution is -2.11. The molecule has 174 valence electrons. The molecule has 35 heavy (non-hydrogen) atoms. The van der Waals surface area contributed by atoms with Crippen LogP contribution in [-0.4, -0.2) is 25.1 Å². The zero-order valence-corrected chi connectivity index (χ0v) is 19.8. The van der Waals surface area contributed by atoms with Crippen molar-refractivity contribution in [2.45, 2.75) is 0 Å². The highest BCUT2D eigenvalue weighted by atomic mass is 35.5. The topological polar surface area (TPSA) is 69.7 Å². The summed E-state index contributed by atoms with van der Waals surface area (Å²) >= 11 is 6.02. The van der Waals surface area contributed by atoms with Crippen molar-refractivity contribution in [3.05, 3.63) is 95.6 Å². The van der Waals surface area contributed by atoms with Crippen LogP contribution in [0.2, 0.25) is 5.02 Å². The largest absolute Gasteiger partial charge is 0.493 e. The fourth-order valence-corrected chi connectivity index (χ4v) is 4.05. The Bertz CT molecular complexity index is 1570.